The first-order valence-corrected chi connectivity index (χ1v) is 8.48. The van der Waals surface area contributed by atoms with Gasteiger partial charge in [0.25, 0.3) is 11.8 Å². The van der Waals surface area contributed by atoms with Crippen LogP contribution in [0.5, 0.6) is 17.2 Å². The number of ether oxygens (including phenoxy) is 3. The van der Waals surface area contributed by atoms with Gasteiger partial charge in [-0.05, 0) is 23.6 Å². The molecule has 0 bridgehead atoms. The van der Waals surface area contributed by atoms with Gasteiger partial charge in [0.05, 0.1) is 32.8 Å². The van der Waals surface area contributed by atoms with Gasteiger partial charge in [-0.25, -0.2) is 0 Å². The lowest BCUT2D eigenvalue weighted by Gasteiger charge is -2.13. The third kappa shape index (κ3) is 3.62. The molecule has 2 heterocycles. The summed E-state index contributed by atoms with van der Waals surface area (Å²) < 4.78 is 21.3. The van der Waals surface area contributed by atoms with Crippen LogP contribution in [0.25, 0.3) is 10.8 Å². The summed E-state index contributed by atoms with van der Waals surface area (Å²) in [4.78, 5) is 13.3. The van der Waals surface area contributed by atoms with Gasteiger partial charge in [0.15, 0.2) is 11.5 Å². The van der Waals surface area contributed by atoms with Crippen molar-refractivity contribution in [3.05, 3.63) is 41.1 Å². The molecular weight excluding hydrogens is 358 g/mol. The number of methoxy groups -OCH3 is 3. The van der Waals surface area contributed by atoms with E-state index >= 15 is 0 Å². The van der Waals surface area contributed by atoms with E-state index < -0.39 is 0 Å². The highest BCUT2D eigenvalue weighted by atomic mass is 32.1. The molecule has 26 heavy (non-hydrogen) atoms. The number of thiophene rings is 1. The van der Waals surface area contributed by atoms with Crippen LogP contribution in [0.2, 0.25) is 0 Å². The number of nitrogens with one attached hydrogen (secondary N) is 1. The Morgan fingerprint density at radius 1 is 1.15 bits per heavy atom. The molecule has 0 saturated carbocycles. The quantitative estimate of drug-likeness (QED) is 0.678. The van der Waals surface area contributed by atoms with Crippen molar-refractivity contribution >= 4 is 17.2 Å². The lowest BCUT2D eigenvalue weighted by Crippen LogP contribution is -2.23. The molecule has 0 aliphatic heterocycles. The molecule has 0 aliphatic carbocycles. The van der Waals surface area contributed by atoms with Crippen molar-refractivity contribution in [1.29, 1.82) is 0 Å². The van der Waals surface area contributed by atoms with Crippen LogP contribution in [0, 0.1) is 0 Å². The van der Waals surface area contributed by atoms with Crippen LogP contribution in [0.1, 0.15) is 16.2 Å². The predicted octanol–water partition coefficient (Wildman–Crippen LogP) is 2.75. The number of aromatic nitrogens is 2. The lowest BCUT2D eigenvalue weighted by molar-refractivity contribution is 0.0946. The van der Waals surface area contributed by atoms with E-state index in [0.29, 0.717) is 34.6 Å². The fourth-order valence-corrected chi connectivity index (χ4v) is 2.94. The Hall–Kier alpha value is -3.07. The Morgan fingerprint density at radius 3 is 2.46 bits per heavy atom. The molecule has 0 aliphatic rings. The van der Waals surface area contributed by atoms with E-state index in [1.165, 1.54) is 32.7 Å². The van der Waals surface area contributed by atoms with E-state index in [-0.39, 0.29) is 12.5 Å². The summed E-state index contributed by atoms with van der Waals surface area (Å²) in [5.41, 5.74) is 0.359. The summed E-state index contributed by atoms with van der Waals surface area (Å²) in [6.45, 7) is 0.105. The second-order valence-corrected chi connectivity index (χ2v) is 6.02. The number of amides is 1. The third-order valence-electron chi connectivity index (χ3n) is 3.53. The molecule has 1 amide bonds. The minimum absolute atomic E-state index is 0.105. The Morgan fingerprint density at radius 2 is 1.88 bits per heavy atom. The lowest BCUT2D eigenvalue weighted by atomic mass is 10.1. The summed E-state index contributed by atoms with van der Waals surface area (Å²) in [7, 11) is 4.48. The van der Waals surface area contributed by atoms with Crippen molar-refractivity contribution in [2.75, 3.05) is 21.3 Å². The summed E-state index contributed by atoms with van der Waals surface area (Å²) in [6.07, 6.45) is 0. The highest BCUT2D eigenvalue weighted by molar-refractivity contribution is 7.13. The molecule has 1 aromatic carbocycles. The predicted molar refractivity (Wildman–Crippen MR) is 94.9 cm³/mol. The molecule has 0 radical (unpaired) electrons. The fraction of sp³-hybridized carbons (Fsp3) is 0.235. The summed E-state index contributed by atoms with van der Waals surface area (Å²) in [6, 6.07) is 6.93. The average molecular weight is 375 g/mol. The normalized spacial score (nSPS) is 10.4. The standard InChI is InChI=1S/C17H17N3O5S/c1-22-11-7-10(8-12(23-2)15(11)24-3)16(21)18-9-14-19-20-17(25-14)13-5-4-6-26-13/h4-8H,9H2,1-3H3,(H,18,21). The Bertz CT molecular complexity index is 867. The van der Waals surface area contributed by atoms with E-state index in [4.69, 9.17) is 18.6 Å². The number of carbonyl (C=O) groups excluding carboxylic acids is 1. The Kier molecular flexibility index (Phi) is 5.37. The molecule has 0 fully saturated rings. The number of carbonyl (C=O) groups is 1. The highest BCUT2D eigenvalue weighted by Gasteiger charge is 2.17. The van der Waals surface area contributed by atoms with Crippen LogP contribution in [-0.4, -0.2) is 37.4 Å². The van der Waals surface area contributed by atoms with Crippen LogP contribution < -0.4 is 19.5 Å². The molecule has 3 rings (SSSR count). The molecule has 8 nitrogen and oxygen atoms in total. The Balaban J connectivity index is 1.72. The second-order valence-electron chi connectivity index (χ2n) is 5.07. The molecule has 1 N–H and O–H groups in total. The van der Waals surface area contributed by atoms with Gasteiger partial charge in [-0.15, -0.1) is 21.5 Å². The molecular formula is C17H17N3O5S. The zero-order chi connectivity index (χ0) is 18.5. The summed E-state index contributed by atoms with van der Waals surface area (Å²) in [5.74, 6) is 1.62. The Labute approximate surface area is 153 Å². The highest BCUT2D eigenvalue weighted by Crippen LogP contribution is 2.38. The van der Waals surface area contributed by atoms with Crippen molar-refractivity contribution < 1.29 is 23.4 Å². The second kappa shape index (κ2) is 7.87. The summed E-state index contributed by atoms with van der Waals surface area (Å²) in [5, 5.41) is 12.6. The van der Waals surface area contributed by atoms with E-state index in [9.17, 15) is 4.79 Å². The number of hydrogen-bond donors (Lipinski definition) is 1. The maximum Gasteiger partial charge on any atom is 0.257 e. The van der Waals surface area contributed by atoms with Gasteiger partial charge in [0, 0.05) is 5.56 Å². The zero-order valence-corrected chi connectivity index (χ0v) is 15.3. The average Bonchev–Trinajstić information content (AvgIpc) is 3.36. The monoisotopic (exact) mass is 375 g/mol. The molecule has 0 atom stereocenters. The SMILES string of the molecule is COc1cc(C(=O)NCc2nnc(-c3cccs3)o2)cc(OC)c1OC. The number of nitrogens with zero attached hydrogens (tertiary/aromatic N) is 2. The van der Waals surface area contributed by atoms with Crippen molar-refractivity contribution in [3.8, 4) is 28.0 Å². The van der Waals surface area contributed by atoms with E-state index in [1.54, 1.807) is 12.1 Å². The van der Waals surface area contributed by atoms with E-state index in [1.807, 2.05) is 17.5 Å². The van der Waals surface area contributed by atoms with Gasteiger partial charge >= 0.3 is 0 Å². The maximum atomic E-state index is 12.4. The van der Waals surface area contributed by atoms with Gasteiger partial charge < -0.3 is 23.9 Å². The topological polar surface area (TPSA) is 95.7 Å². The minimum Gasteiger partial charge on any atom is -0.493 e. The molecule has 9 heteroatoms. The first-order chi connectivity index (χ1) is 12.7. The van der Waals surface area contributed by atoms with Crippen LogP contribution in [-0.2, 0) is 6.54 Å². The first kappa shape index (κ1) is 17.7. The molecule has 3 aromatic rings. The van der Waals surface area contributed by atoms with E-state index in [0.717, 1.165) is 4.88 Å². The molecule has 136 valence electrons. The van der Waals surface area contributed by atoms with Gasteiger partial charge in [0.2, 0.25) is 11.6 Å². The number of benzene rings is 1. The van der Waals surface area contributed by atoms with E-state index in [2.05, 4.69) is 15.5 Å². The van der Waals surface area contributed by atoms with Gasteiger partial charge in [0.1, 0.15) is 0 Å². The van der Waals surface area contributed by atoms with Gasteiger partial charge in [-0.3, -0.25) is 4.79 Å². The van der Waals surface area contributed by atoms with Crippen LogP contribution in [0.15, 0.2) is 34.1 Å². The number of hydrogen-bond acceptors (Lipinski definition) is 8. The fourth-order valence-electron chi connectivity index (χ4n) is 2.29. The van der Waals surface area contributed by atoms with Gasteiger partial charge in [-0.1, -0.05) is 6.07 Å². The molecule has 0 saturated heterocycles. The largest absolute Gasteiger partial charge is 0.493 e. The number of rotatable bonds is 7. The van der Waals surface area contributed by atoms with Crippen LogP contribution in [0.4, 0.5) is 0 Å². The first-order valence-electron chi connectivity index (χ1n) is 7.60. The zero-order valence-electron chi connectivity index (χ0n) is 14.4. The maximum absolute atomic E-state index is 12.4. The summed E-state index contributed by atoms with van der Waals surface area (Å²) >= 11 is 1.50. The van der Waals surface area contributed by atoms with Crippen LogP contribution >= 0.6 is 11.3 Å². The van der Waals surface area contributed by atoms with Crippen molar-refractivity contribution in [2.45, 2.75) is 6.54 Å². The smallest absolute Gasteiger partial charge is 0.257 e. The van der Waals surface area contributed by atoms with Crippen LogP contribution in [0.3, 0.4) is 0 Å². The molecule has 0 spiro atoms. The van der Waals surface area contributed by atoms with Crippen molar-refractivity contribution in [1.82, 2.24) is 15.5 Å². The van der Waals surface area contributed by atoms with Gasteiger partial charge in [-0.2, -0.15) is 0 Å². The minimum atomic E-state index is -0.333. The molecule has 0 unspecified atom stereocenters. The molecule has 2 aromatic heterocycles. The third-order valence-corrected chi connectivity index (χ3v) is 4.38. The van der Waals surface area contributed by atoms with Crippen molar-refractivity contribution in [3.63, 3.8) is 0 Å². The van der Waals surface area contributed by atoms with Crippen molar-refractivity contribution in [2.24, 2.45) is 0 Å².